The van der Waals surface area contributed by atoms with Gasteiger partial charge in [0.05, 0.1) is 13.2 Å². The molecule has 0 heterocycles. The summed E-state index contributed by atoms with van der Waals surface area (Å²) in [6.07, 6.45) is -7.90. The highest BCUT2D eigenvalue weighted by molar-refractivity contribution is 7.87. The number of unbranched alkanes of at least 4 members (excludes halogenated alkanes) is 1. The van der Waals surface area contributed by atoms with Crippen LogP contribution in [0.2, 0.25) is 0 Å². The van der Waals surface area contributed by atoms with Crippen molar-refractivity contribution in [3.8, 4) is 0 Å². The zero-order valence-corrected chi connectivity index (χ0v) is 19.3. The van der Waals surface area contributed by atoms with Crippen LogP contribution in [-0.2, 0) is 29.1 Å². The third-order valence-corrected chi connectivity index (χ3v) is 5.97. The number of hydrogen-bond acceptors (Lipinski definition) is 7. The second-order valence-corrected chi connectivity index (χ2v) is 9.17. The molecule has 1 unspecified atom stereocenters. The van der Waals surface area contributed by atoms with Crippen LogP contribution in [0, 0.1) is 0 Å². The topological polar surface area (TPSA) is 128 Å². The molecule has 1 fully saturated rings. The Morgan fingerprint density at radius 1 is 1.00 bits per heavy atom. The summed E-state index contributed by atoms with van der Waals surface area (Å²) >= 11 is 0. The minimum atomic E-state index is -6.48. The SMILES string of the molecule is CCOC(=O)C(OCCCCC(F)(F)C(F)(F)S(=O)(=O)O)(OC(=O)NC1CCCCC1)C(F)(F)F. The van der Waals surface area contributed by atoms with Crippen molar-refractivity contribution in [3.63, 3.8) is 0 Å². The number of ether oxygens (including phenoxy) is 3. The third kappa shape index (κ3) is 7.80. The second-order valence-electron chi connectivity index (χ2n) is 7.71. The second kappa shape index (κ2) is 11.9. The van der Waals surface area contributed by atoms with Crippen molar-refractivity contribution in [2.75, 3.05) is 13.2 Å². The van der Waals surface area contributed by atoms with Crippen LogP contribution < -0.4 is 5.32 Å². The molecule has 0 radical (unpaired) electrons. The van der Waals surface area contributed by atoms with E-state index in [9.17, 15) is 48.7 Å². The van der Waals surface area contributed by atoms with Gasteiger partial charge in [-0.25, -0.2) is 9.59 Å². The molecular formula is C18H26F7NO8S. The average Bonchev–Trinajstić information content (AvgIpc) is 2.71. The fourth-order valence-corrected chi connectivity index (χ4v) is 3.66. The molecule has 17 heteroatoms. The number of carbonyl (C=O) groups excluding carboxylic acids is 2. The van der Waals surface area contributed by atoms with Crippen molar-refractivity contribution in [2.45, 2.75) is 87.5 Å². The number of rotatable bonds is 12. The lowest BCUT2D eigenvalue weighted by molar-refractivity contribution is -0.350. The Hall–Kier alpha value is -1.88. The van der Waals surface area contributed by atoms with Crippen LogP contribution in [0.5, 0.6) is 0 Å². The lowest BCUT2D eigenvalue weighted by Crippen LogP contribution is -2.59. The smallest absolute Gasteiger partial charge is 0.461 e. The minimum absolute atomic E-state index is 0.455. The van der Waals surface area contributed by atoms with Gasteiger partial charge in [0, 0.05) is 12.5 Å². The molecule has 0 aliphatic heterocycles. The van der Waals surface area contributed by atoms with E-state index in [-0.39, 0.29) is 0 Å². The van der Waals surface area contributed by atoms with Crippen LogP contribution in [0.3, 0.4) is 0 Å². The number of hydrogen-bond donors (Lipinski definition) is 2. The summed E-state index contributed by atoms with van der Waals surface area (Å²) in [6.45, 7) is -0.633. The lowest BCUT2D eigenvalue weighted by atomic mass is 9.96. The number of alkyl carbamates (subject to hydrolysis) is 1. The maximum Gasteiger partial charge on any atom is 0.468 e. The quantitative estimate of drug-likeness (QED) is 0.122. The average molecular weight is 549 g/mol. The summed E-state index contributed by atoms with van der Waals surface area (Å²) in [6, 6.07) is -0.518. The number of amides is 1. The molecule has 0 aromatic carbocycles. The van der Waals surface area contributed by atoms with Crippen LogP contribution in [0.25, 0.3) is 0 Å². The van der Waals surface area contributed by atoms with E-state index in [1.54, 1.807) is 0 Å². The molecule has 0 aromatic heterocycles. The van der Waals surface area contributed by atoms with E-state index in [4.69, 9.17) is 4.55 Å². The van der Waals surface area contributed by atoms with E-state index in [0.29, 0.717) is 25.7 Å². The summed E-state index contributed by atoms with van der Waals surface area (Å²) in [5, 5.41) is -3.66. The highest BCUT2D eigenvalue weighted by atomic mass is 32.2. The van der Waals surface area contributed by atoms with Crippen molar-refractivity contribution >= 4 is 22.2 Å². The summed E-state index contributed by atoms with van der Waals surface area (Å²) in [5.41, 5.74) is 0. The number of esters is 1. The molecule has 1 saturated carbocycles. The van der Waals surface area contributed by atoms with Gasteiger partial charge in [0.25, 0.3) is 0 Å². The van der Waals surface area contributed by atoms with Gasteiger partial charge in [-0.15, -0.1) is 0 Å². The maximum atomic E-state index is 13.8. The normalized spacial score (nSPS) is 18.0. The molecule has 2 N–H and O–H groups in total. The summed E-state index contributed by atoms with van der Waals surface area (Å²) in [4.78, 5) is 24.2. The molecule has 0 aromatic rings. The molecule has 1 rings (SSSR count). The van der Waals surface area contributed by atoms with Gasteiger partial charge in [0.2, 0.25) is 0 Å². The Morgan fingerprint density at radius 3 is 2.06 bits per heavy atom. The first kappa shape index (κ1) is 31.2. The van der Waals surface area contributed by atoms with E-state index < -0.39 is 83.8 Å². The summed E-state index contributed by atoms with van der Waals surface area (Å²) < 4.78 is 137. The van der Waals surface area contributed by atoms with Gasteiger partial charge < -0.3 is 19.5 Å². The van der Waals surface area contributed by atoms with E-state index in [1.165, 1.54) is 0 Å². The first-order valence-corrected chi connectivity index (χ1v) is 12.0. The molecule has 1 aliphatic carbocycles. The first-order chi connectivity index (χ1) is 15.9. The van der Waals surface area contributed by atoms with Gasteiger partial charge in [0.15, 0.2) is 0 Å². The van der Waals surface area contributed by atoms with Gasteiger partial charge in [-0.1, -0.05) is 19.3 Å². The highest BCUT2D eigenvalue weighted by Crippen LogP contribution is 2.42. The molecule has 206 valence electrons. The zero-order chi connectivity index (χ0) is 27.1. The summed E-state index contributed by atoms with van der Waals surface area (Å²) in [5.74, 6) is -11.7. The predicted octanol–water partition coefficient (Wildman–Crippen LogP) is 4.17. The minimum Gasteiger partial charge on any atom is -0.461 e. The molecule has 1 aliphatic rings. The van der Waals surface area contributed by atoms with Gasteiger partial charge in [-0.3, -0.25) is 4.55 Å². The third-order valence-electron chi connectivity index (χ3n) is 5.02. The fourth-order valence-electron chi connectivity index (χ4n) is 3.18. The molecule has 35 heavy (non-hydrogen) atoms. The molecule has 9 nitrogen and oxygen atoms in total. The molecule has 0 spiro atoms. The van der Waals surface area contributed by atoms with Crippen LogP contribution in [0.1, 0.15) is 58.3 Å². The largest absolute Gasteiger partial charge is 0.468 e. The number of halogens is 7. The molecule has 0 bridgehead atoms. The molecule has 1 amide bonds. The van der Waals surface area contributed by atoms with Gasteiger partial charge >= 0.3 is 45.3 Å². The van der Waals surface area contributed by atoms with E-state index >= 15 is 0 Å². The van der Waals surface area contributed by atoms with Crippen molar-refractivity contribution in [3.05, 3.63) is 0 Å². The Kier molecular flexibility index (Phi) is 10.6. The van der Waals surface area contributed by atoms with Crippen molar-refractivity contribution in [1.82, 2.24) is 5.32 Å². The van der Waals surface area contributed by atoms with Gasteiger partial charge in [0.1, 0.15) is 0 Å². The number of alkyl halides is 7. The standard InChI is InChI=1S/C18H26F7NO8S/c1-2-32-13(27)16(17(21,22)23,34-14(28)26-12-8-4-3-5-9-12)33-11-7-6-10-15(19,20)18(24,25)35(29,30)31/h12H,2-11H2,1H3,(H,26,28)(H,29,30,31). The van der Waals surface area contributed by atoms with E-state index in [1.807, 2.05) is 0 Å². The molecular weight excluding hydrogens is 523 g/mol. The van der Waals surface area contributed by atoms with E-state index in [0.717, 1.165) is 13.3 Å². The van der Waals surface area contributed by atoms with Crippen molar-refractivity contribution in [2.24, 2.45) is 0 Å². The van der Waals surface area contributed by atoms with Crippen LogP contribution in [0.15, 0.2) is 0 Å². The zero-order valence-electron chi connectivity index (χ0n) is 18.5. The highest BCUT2D eigenvalue weighted by Gasteiger charge is 2.68. The maximum absolute atomic E-state index is 13.8. The van der Waals surface area contributed by atoms with Crippen molar-refractivity contribution in [1.29, 1.82) is 0 Å². The van der Waals surface area contributed by atoms with Gasteiger partial charge in [-0.05, 0) is 32.6 Å². The van der Waals surface area contributed by atoms with E-state index in [2.05, 4.69) is 19.5 Å². The Balaban J connectivity index is 2.92. The van der Waals surface area contributed by atoms with Crippen LogP contribution in [0.4, 0.5) is 35.5 Å². The molecule has 1 atom stereocenters. The number of nitrogens with one attached hydrogen (secondary N) is 1. The first-order valence-electron chi connectivity index (χ1n) is 10.5. The Morgan fingerprint density at radius 2 is 1.57 bits per heavy atom. The fraction of sp³-hybridized carbons (Fsp3) is 0.889. The summed E-state index contributed by atoms with van der Waals surface area (Å²) in [7, 11) is -6.48. The Labute approximate surface area is 196 Å². The van der Waals surface area contributed by atoms with Crippen molar-refractivity contribution < 1.29 is 67.5 Å². The van der Waals surface area contributed by atoms with Crippen LogP contribution in [-0.4, -0.2) is 67.4 Å². The number of carbonyl (C=O) groups is 2. The van der Waals surface area contributed by atoms with Crippen LogP contribution >= 0.6 is 0 Å². The molecule has 0 saturated heterocycles. The van der Waals surface area contributed by atoms with Gasteiger partial charge in [-0.2, -0.15) is 39.2 Å². The monoisotopic (exact) mass is 549 g/mol. The lowest BCUT2D eigenvalue weighted by Gasteiger charge is -2.33. The predicted molar refractivity (Wildman–Crippen MR) is 103 cm³/mol. The Bertz CT molecular complexity index is 831.